The van der Waals surface area contributed by atoms with Crippen molar-refractivity contribution in [1.82, 2.24) is 5.32 Å². The van der Waals surface area contributed by atoms with Gasteiger partial charge in [-0.1, -0.05) is 78.3 Å². The molecule has 0 spiro atoms. The summed E-state index contributed by atoms with van der Waals surface area (Å²) < 4.78 is 11.9. The first-order chi connectivity index (χ1) is 18.0. The number of hydrogen-bond donors (Lipinski definition) is 1. The summed E-state index contributed by atoms with van der Waals surface area (Å²) in [7, 11) is 0. The Kier molecular flexibility index (Phi) is 8.45. The predicted molar refractivity (Wildman–Crippen MR) is 147 cm³/mol. The Balaban J connectivity index is 1.54. The van der Waals surface area contributed by atoms with Gasteiger partial charge in [-0.15, -0.1) is 0 Å². The average molecular weight is 511 g/mol. The van der Waals surface area contributed by atoms with Crippen molar-refractivity contribution in [3.05, 3.63) is 112 Å². The molecule has 1 atom stereocenters. The van der Waals surface area contributed by atoms with Crippen LogP contribution in [0.5, 0.6) is 11.5 Å². The Morgan fingerprint density at radius 1 is 1.00 bits per heavy atom. The van der Waals surface area contributed by atoms with E-state index in [4.69, 9.17) is 21.1 Å². The van der Waals surface area contributed by atoms with Crippen molar-refractivity contribution in [2.75, 3.05) is 6.61 Å². The van der Waals surface area contributed by atoms with E-state index in [9.17, 15) is 10.1 Å². The molecule has 1 N–H and O–H groups in total. The highest BCUT2D eigenvalue weighted by molar-refractivity contribution is 6.32. The molecule has 0 radical (unpaired) electrons. The second-order valence-corrected chi connectivity index (χ2v) is 8.92. The van der Waals surface area contributed by atoms with Gasteiger partial charge in [0.15, 0.2) is 11.5 Å². The van der Waals surface area contributed by atoms with E-state index in [-0.39, 0.29) is 11.6 Å². The van der Waals surface area contributed by atoms with Crippen LogP contribution in [0.3, 0.4) is 0 Å². The van der Waals surface area contributed by atoms with Gasteiger partial charge in [0.2, 0.25) is 0 Å². The van der Waals surface area contributed by atoms with E-state index in [1.807, 2.05) is 68.4 Å². The maximum Gasteiger partial charge on any atom is 0.262 e. The van der Waals surface area contributed by atoms with Crippen LogP contribution in [0.15, 0.2) is 90.5 Å². The molecule has 0 unspecified atom stereocenters. The molecule has 0 fully saturated rings. The summed E-state index contributed by atoms with van der Waals surface area (Å²) in [5.74, 6) is 0.386. The van der Waals surface area contributed by atoms with Crippen molar-refractivity contribution in [2.45, 2.75) is 26.5 Å². The zero-order chi connectivity index (χ0) is 26.2. The van der Waals surface area contributed by atoms with Gasteiger partial charge in [-0.2, -0.15) is 5.26 Å². The number of nitrogens with zero attached hydrogens (tertiary/aromatic N) is 1. The summed E-state index contributed by atoms with van der Waals surface area (Å²) in [5, 5.41) is 15.1. The molecular formula is C31H27ClN2O3. The van der Waals surface area contributed by atoms with Gasteiger partial charge in [0.1, 0.15) is 18.2 Å². The highest BCUT2D eigenvalue weighted by atomic mass is 35.5. The molecule has 0 bridgehead atoms. The molecule has 4 aromatic rings. The van der Waals surface area contributed by atoms with Gasteiger partial charge in [0.25, 0.3) is 5.91 Å². The van der Waals surface area contributed by atoms with Gasteiger partial charge in [-0.05, 0) is 65.6 Å². The first kappa shape index (κ1) is 25.8. The van der Waals surface area contributed by atoms with Crippen LogP contribution in [0.1, 0.15) is 36.6 Å². The van der Waals surface area contributed by atoms with Crippen LogP contribution in [-0.4, -0.2) is 12.5 Å². The lowest BCUT2D eigenvalue weighted by Gasteiger charge is -2.15. The second kappa shape index (κ2) is 12.1. The van der Waals surface area contributed by atoms with Gasteiger partial charge in [-0.3, -0.25) is 4.79 Å². The predicted octanol–water partition coefficient (Wildman–Crippen LogP) is 7.26. The molecule has 5 nitrogen and oxygen atoms in total. The molecule has 0 saturated heterocycles. The number of amides is 1. The number of nitrogens with one attached hydrogen (secondary N) is 1. The number of carbonyl (C=O) groups is 1. The van der Waals surface area contributed by atoms with Crippen LogP contribution in [0.2, 0.25) is 5.02 Å². The lowest BCUT2D eigenvalue weighted by Crippen LogP contribution is -2.27. The van der Waals surface area contributed by atoms with Crippen molar-refractivity contribution in [3.63, 3.8) is 0 Å². The molecule has 4 aromatic carbocycles. The van der Waals surface area contributed by atoms with Gasteiger partial charge in [0.05, 0.1) is 17.7 Å². The largest absolute Gasteiger partial charge is 0.490 e. The first-order valence-corrected chi connectivity index (χ1v) is 12.4. The molecule has 0 aliphatic heterocycles. The highest BCUT2D eigenvalue weighted by Gasteiger charge is 2.16. The Labute approximate surface area is 221 Å². The topological polar surface area (TPSA) is 71.3 Å². The van der Waals surface area contributed by atoms with Gasteiger partial charge in [-0.25, -0.2) is 0 Å². The minimum absolute atomic E-state index is 0.0360. The molecule has 0 saturated carbocycles. The molecule has 0 aliphatic rings. The van der Waals surface area contributed by atoms with Crippen LogP contribution in [0.25, 0.3) is 16.8 Å². The zero-order valence-corrected chi connectivity index (χ0v) is 21.5. The quantitative estimate of drug-likeness (QED) is 0.190. The number of fused-ring (bicyclic) bond motifs is 1. The first-order valence-electron chi connectivity index (χ1n) is 12.0. The van der Waals surface area contributed by atoms with Crippen molar-refractivity contribution in [1.29, 1.82) is 5.26 Å². The summed E-state index contributed by atoms with van der Waals surface area (Å²) in [5.41, 5.74) is 2.47. The number of halogens is 1. The smallest absolute Gasteiger partial charge is 0.262 e. The molecule has 1 amide bonds. The standard InChI is InChI=1S/C31H27ClN2O3/c1-3-36-29-18-23(16-27(19-33)31(35)34-21(2)24-9-5-4-6-10-24)17-28(32)30(29)37-20-22-13-14-25-11-7-8-12-26(25)15-22/h4-18,21H,3,20H2,1-2H3,(H,34,35)/b27-16-/t21-/m1/s1. The van der Waals surface area contributed by atoms with E-state index in [1.54, 1.807) is 12.1 Å². The normalized spacial score (nSPS) is 12.0. The van der Waals surface area contributed by atoms with E-state index >= 15 is 0 Å². The minimum Gasteiger partial charge on any atom is -0.490 e. The molecular weight excluding hydrogens is 484 g/mol. The fourth-order valence-corrected chi connectivity index (χ4v) is 4.25. The van der Waals surface area contributed by atoms with Crippen molar-refractivity contribution >= 4 is 34.4 Å². The highest BCUT2D eigenvalue weighted by Crippen LogP contribution is 2.38. The SMILES string of the molecule is CCOc1cc(/C=C(/C#N)C(=O)N[C@H](C)c2ccccc2)cc(Cl)c1OCc1ccc2ccccc2c1. The molecule has 0 aliphatic carbocycles. The fourth-order valence-electron chi connectivity index (χ4n) is 3.97. The fraction of sp³-hybridized carbons (Fsp3) is 0.161. The number of nitriles is 1. The Morgan fingerprint density at radius 2 is 1.73 bits per heavy atom. The summed E-state index contributed by atoms with van der Waals surface area (Å²) in [6, 6.07) is 29.0. The summed E-state index contributed by atoms with van der Waals surface area (Å²) in [4.78, 5) is 12.8. The Bertz CT molecular complexity index is 1480. The number of benzene rings is 4. The number of hydrogen-bond acceptors (Lipinski definition) is 4. The third-order valence-electron chi connectivity index (χ3n) is 5.85. The average Bonchev–Trinajstić information content (AvgIpc) is 2.91. The molecule has 6 heteroatoms. The van der Waals surface area contributed by atoms with Crippen molar-refractivity contribution in [3.8, 4) is 17.6 Å². The van der Waals surface area contributed by atoms with Crippen LogP contribution in [-0.2, 0) is 11.4 Å². The van der Waals surface area contributed by atoms with E-state index in [1.165, 1.54) is 6.08 Å². The number of carbonyl (C=O) groups excluding carboxylic acids is 1. The van der Waals surface area contributed by atoms with E-state index in [0.29, 0.717) is 35.3 Å². The molecule has 0 heterocycles. The third kappa shape index (κ3) is 6.49. The van der Waals surface area contributed by atoms with Crippen LogP contribution >= 0.6 is 11.6 Å². The molecule has 0 aromatic heterocycles. The Morgan fingerprint density at radius 3 is 2.46 bits per heavy atom. The van der Waals surface area contributed by atoms with Gasteiger partial charge in [0, 0.05) is 0 Å². The maximum atomic E-state index is 12.8. The van der Waals surface area contributed by atoms with Gasteiger partial charge < -0.3 is 14.8 Å². The molecule has 186 valence electrons. The van der Waals surface area contributed by atoms with Crippen molar-refractivity contribution in [2.24, 2.45) is 0 Å². The Hall–Kier alpha value is -4.27. The minimum atomic E-state index is -0.468. The molecule has 4 rings (SSSR count). The third-order valence-corrected chi connectivity index (χ3v) is 6.13. The number of ether oxygens (including phenoxy) is 2. The van der Waals surface area contributed by atoms with Crippen LogP contribution < -0.4 is 14.8 Å². The lowest BCUT2D eigenvalue weighted by atomic mass is 10.1. The van der Waals surface area contributed by atoms with Crippen LogP contribution in [0.4, 0.5) is 0 Å². The summed E-state index contributed by atoms with van der Waals surface area (Å²) in [6.07, 6.45) is 1.49. The number of rotatable bonds is 9. The zero-order valence-electron chi connectivity index (χ0n) is 20.7. The lowest BCUT2D eigenvalue weighted by molar-refractivity contribution is -0.117. The van der Waals surface area contributed by atoms with Crippen LogP contribution in [0, 0.1) is 11.3 Å². The summed E-state index contributed by atoms with van der Waals surface area (Å²) in [6.45, 7) is 4.44. The second-order valence-electron chi connectivity index (χ2n) is 8.51. The maximum absolute atomic E-state index is 12.8. The van der Waals surface area contributed by atoms with E-state index in [0.717, 1.165) is 21.9 Å². The van der Waals surface area contributed by atoms with E-state index < -0.39 is 5.91 Å². The van der Waals surface area contributed by atoms with Gasteiger partial charge >= 0.3 is 0 Å². The van der Waals surface area contributed by atoms with E-state index in [2.05, 4.69) is 29.6 Å². The molecule has 37 heavy (non-hydrogen) atoms. The monoisotopic (exact) mass is 510 g/mol. The summed E-state index contributed by atoms with van der Waals surface area (Å²) >= 11 is 6.58. The van der Waals surface area contributed by atoms with Crippen molar-refractivity contribution < 1.29 is 14.3 Å².